The minimum atomic E-state index is -0.800. The second-order valence-corrected chi connectivity index (χ2v) is 9.33. The molecule has 1 N–H and O–H groups in total. The van der Waals surface area contributed by atoms with Crippen LogP contribution in [0.1, 0.15) is 11.1 Å². The molecule has 0 saturated carbocycles. The first-order chi connectivity index (χ1) is 13.5. The molecule has 0 fully saturated rings. The van der Waals surface area contributed by atoms with Gasteiger partial charge in [-0.15, -0.1) is 11.3 Å². The zero-order valence-electron chi connectivity index (χ0n) is 16.0. The number of aryl methyl sites for hydroxylation is 2. The summed E-state index contributed by atoms with van der Waals surface area (Å²) in [6, 6.07) is 12.3. The Morgan fingerprint density at radius 1 is 1.21 bits per heavy atom. The zero-order valence-corrected chi connectivity index (χ0v) is 17.6. The van der Waals surface area contributed by atoms with Gasteiger partial charge in [-0.2, -0.15) is 0 Å². The first-order valence-electron chi connectivity index (χ1n) is 8.99. The van der Waals surface area contributed by atoms with Crippen molar-refractivity contribution in [1.29, 1.82) is 0 Å². The van der Waals surface area contributed by atoms with E-state index in [9.17, 15) is 9.35 Å². The number of benzene rings is 2. The van der Waals surface area contributed by atoms with Gasteiger partial charge in [0.15, 0.2) is 0 Å². The lowest BCUT2D eigenvalue weighted by Gasteiger charge is -2.16. The molecule has 2 heterocycles. The lowest BCUT2D eigenvalue weighted by atomic mass is 9.94. The van der Waals surface area contributed by atoms with Crippen molar-refractivity contribution in [2.75, 3.05) is 19.1 Å². The van der Waals surface area contributed by atoms with Crippen molar-refractivity contribution in [2.24, 2.45) is 0 Å². The monoisotopic (exact) mass is 411 g/mol. The van der Waals surface area contributed by atoms with Gasteiger partial charge in [0.1, 0.15) is 16.2 Å². The van der Waals surface area contributed by atoms with Gasteiger partial charge in [0.2, 0.25) is 0 Å². The number of nitrogens with one attached hydrogen (secondary N) is 1. The number of thiophene rings is 1. The number of aromatic nitrogens is 1. The second kappa shape index (κ2) is 7.62. The van der Waals surface area contributed by atoms with E-state index >= 15 is 0 Å². The van der Waals surface area contributed by atoms with Crippen LogP contribution in [0.5, 0.6) is 5.75 Å². The van der Waals surface area contributed by atoms with Crippen LogP contribution >= 0.6 is 11.3 Å². The fraction of sp³-hybridized carbons (Fsp3) is 0.227. The SMILES string of the molecule is COc1cc(C)c2[nH]c(=O)c3sccc3c2c1-c1ccc(CC[S+](C)[O-])cc1. The van der Waals surface area contributed by atoms with Crippen LogP contribution in [0.4, 0.5) is 0 Å². The second-order valence-electron chi connectivity index (χ2n) is 6.86. The van der Waals surface area contributed by atoms with Gasteiger partial charge in [-0.05, 0) is 41.1 Å². The highest BCUT2D eigenvalue weighted by Crippen LogP contribution is 2.41. The van der Waals surface area contributed by atoms with Crippen LogP contribution in [0.15, 0.2) is 46.6 Å². The molecule has 28 heavy (non-hydrogen) atoms. The van der Waals surface area contributed by atoms with E-state index in [0.717, 1.165) is 55.4 Å². The van der Waals surface area contributed by atoms with Gasteiger partial charge >= 0.3 is 0 Å². The van der Waals surface area contributed by atoms with E-state index in [1.807, 2.05) is 24.4 Å². The van der Waals surface area contributed by atoms with Crippen LogP contribution in [-0.2, 0) is 17.6 Å². The topological polar surface area (TPSA) is 65.2 Å². The van der Waals surface area contributed by atoms with Crippen LogP contribution in [-0.4, -0.2) is 28.7 Å². The van der Waals surface area contributed by atoms with Crippen molar-refractivity contribution < 1.29 is 9.29 Å². The summed E-state index contributed by atoms with van der Waals surface area (Å²) < 4.78 is 17.8. The molecule has 4 rings (SSSR count). The molecule has 0 aliphatic heterocycles. The van der Waals surface area contributed by atoms with E-state index in [1.54, 1.807) is 13.4 Å². The van der Waals surface area contributed by atoms with Gasteiger partial charge in [-0.1, -0.05) is 35.4 Å². The fourth-order valence-corrected chi connectivity index (χ4v) is 4.93. The van der Waals surface area contributed by atoms with Crippen LogP contribution in [0, 0.1) is 6.92 Å². The Kier molecular flexibility index (Phi) is 5.19. The molecule has 6 heteroatoms. The summed E-state index contributed by atoms with van der Waals surface area (Å²) in [4.78, 5) is 15.5. The van der Waals surface area contributed by atoms with Crippen LogP contribution in [0.25, 0.3) is 32.1 Å². The highest BCUT2D eigenvalue weighted by atomic mass is 32.2. The van der Waals surface area contributed by atoms with Gasteiger partial charge in [-0.25, -0.2) is 0 Å². The number of hydrogen-bond acceptors (Lipinski definition) is 4. The van der Waals surface area contributed by atoms with Crippen molar-refractivity contribution in [3.05, 3.63) is 63.3 Å². The predicted molar refractivity (Wildman–Crippen MR) is 119 cm³/mol. The Morgan fingerprint density at radius 3 is 2.64 bits per heavy atom. The average Bonchev–Trinajstić information content (AvgIpc) is 3.18. The average molecular weight is 412 g/mol. The van der Waals surface area contributed by atoms with E-state index in [0.29, 0.717) is 5.75 Å². The molecule has 0 spiro atoms. The largest absolute Gasteiger partial charge is 0.617 e. The Bertz CT molecular complexity index is 1210. The normalized spacial score (nSPS) is 12.6. The maximum atomic E-state index is 12.5. The molecule has 0 aliphatic rings. The van der Waals surface area contributed by atoms with E-state index in [1.165, 1.54) is 11.3 Å². The maximum Gasteiger partial charge on any atom is 0.266 e. The minimum absolute atomic E-state index is 0.0559. The van der Waals surface area contributed by atoms with Crippen molar-refractivity contribution in [3.63, 3.8) is 0 Å². The fourth-order valence-electron chi connectivity index (χ4n) is 3.62. The summed E-state index contributed by atoms with van der Waals surface area (Å²) in [7, 11) is 1.67. The van der Waals surface area contributed by atoms with Gasteiger partial charge < -0.3 is 14.3 Å². The Balaban J connectivity index is 1.96. The molecule has 0 amide bonds. The highest BCUT2D eigenvalue weighted by Gasteiger charge is 2.18. The standard InChI is InChI=1S/C22H21NO3S2/c1-13-12-17(26-2)18(15-6-4-14(5-7-15)9-11-28(3)25)19-16-8-10-27-21(16)22(24)23-20(13)19/h4-8,10,12H,9,11H2,1-3H3,(H,23,24). The molecule has 1 atom stereocenters. The van der Waals surface area contributed by atoms with Crippen LogP contribution in [0.3, 0.4) is 0 Å². The number of pyridine rings is 1. The van der Waals surface area contributed by atoms with Gasteiger partial charge in [0.05, 0.1) is 18.9 Å². The summed E-state index contributed by atoms with van der Waals surface area (Å²) in [5.74, 6) is 1.44. The molecule has 0 aliphatic carbocycles. The molecule has 1 unspecified atom stereocenters. The highest BCUT2D eigenvalue weighted by molar-refractivity contribution is 7.90. The third kappa shape index (κ3) is 3.32. The van der Waals surface area contributed by atoms with E-state index < -0.39 is 11.2 Å². The molecule has 0 radical (unpaired) electrons. The molecular formula is C22H21NO3S2. The number of rotatable bonds is 5. The third-order valence-electron chi connectivity index (χ3n) is 5.01. The lowest BCUT2D eigenvalue weighted by Crippen LogP contribution is -2.06. The predicted octanol–water partition coefficient (Wildman–Crippen LogP) is 4.65. The first-order valence-corrected chi connectivity index (χ1v) is 11.6. The van der Waals surface area contributed by atoms with E-state index in [2.05, 4.69) is 29.2 Å². The van der Waals surface area contributed by atoms with Crippen molar-refractivity contribution >= 4 is 43.5 Å². The molecular weight excluding hydrogens is 390 g/mol. The van der Waals surface area contributed by atoms with Gasteiger partial charge in [-0.3, -0.25) is 4.79 Å². The van der Waals surface area contributed by atoms with Crippen LogP contribution in [0.2, 0.25) is 0 Å². The molecule has 2 aromatic carbocycles. The Hall–Kier alpha value is -2.28. The summed E-state index contributed by atoms with van der Waals surface area (Å²) in [6.45, 7) is 1.98. The quantitative estimate of drug-likeness (QED) is 0.486. The van der Waals surface area contributed by atoms with Gasteiger partial charge in [0.25, 0.3) is 5.56 Å². The third-order valence-corrected chi connectivity index (χ3v) is 6.70. The first kappa shape index (κ1) is 19.1. The summed E-state index contributed by atoms with van der Waals surface area (Å²) in [5, 5.41) is 3.91. The number of H-pyrrole nitrogens is 1. The molecule has 0 saturated heterocycles. The molecule has 4 nitrogen and oxygen atoms in total. The Morgan fingerprint density at radius 2 is 1.96 bits per heavy atom. The molecule has 2 aromatic heterocycles. The zero-order chi connectivity index (χ0) is 19.8. The van der Waals surface area contributed by atoms with E-state index in [-0.39, 0.29) is 5.56 Å². The van der Waals surface area contributed by atoms with Crippen molar-refractivity contribution in [1.82, 2.24) is 4.98 Å². The summed E-state index contributed by atoms with van der Waals surface area (Å²) in [5.41, 5.74) is 4.93. The molecule has 144 valence electrons. The lowest BCUT2D eigenvalue weighted by molar-refractivity contribution is 0.416. The maximum absolute atomic E-state index is 12.5. The summed E-state index contributed by atoms with van der Waals surface area (Å²) in [6.07, 6.45) is 2.52. The number of ether oxygens (including phenoxy) is 1. The number of fused-ring (bicyclic) bond motifs is 3. The summed E-state index contributed by atoms with van der Waals surface area (Å²) >= 11 is 0.651. The van der Waals surface area contributed by atoms with Crippen LogP contribution < -0.4 is 10.3 Å². The number of hydrogen-bond donors (Lipinski definition) is 1. The minimum Gasteiger partial charge on any atom is -0.617 e. The smallest absolute Gasteiger partial charge is 0.266 e. The number of aromatic amines is 1. The van der Waals surface area contributed by atoms with Crippen molar-refractivity contribution in [2.45, 2.75) is 13.3 Å². The van der Waals surface area contributed by atoms with E-state index in [4.69, 9.17) is 4.74 Å². The molecule has 0 bridgehead atoms. The van der Waals surface area contributed by atoms with Crippen molar-refractivity contribution in [3.8, 4) is 16.9 Å². The molecule has 4 aromatic rings. The Labute approximate surface area is 170 Å². The number of methoxy groups -OCH3 is 1. The van der Waals surface area contributed by atoms with Gasteiger partial charge in [0, 0.05) is 22.8 Å².